The maximum absolute atomic E-state index is 12.3. The summed E-state index contributed by atoms with van der Waals surface area (Å²) in [6.07, 6.45) is 5.93. The molecule has 0 aromatic heterocycles. The van der Waals surface area contributed by atoms with Crippen LogP contribution in [0, 0.1) is 5.92 Å². The molecule has 0 radical (unpaired) electrons. The lowest BCUT2D eigenvalue weighted by Crippen LogP contribution is -2.30. The molecule has 1 aliphatic rings. The molecule has 0 atom stereocenters. The number of rotatable bonds is 5. The lowest BCUT2D eigenvalue weighted by atomic mass is 9.89. The summed E-state index contributed by atoms with van der Waals surface area (Å²) in [6.45, 7) is 0.609. The van der Waals surface area contributed by atoms with E-state index in [0.717, 1.165) is 12.8 Å². The smallest absolute Gasteiger partial charge is 0.252 e. The zero-order valence-corrected chi connectivity index (χ0v) is 14.1. The van der Waals surface area contributed by atoms with Gasteiger partial charge in [-0.15, -0.1) is 0 Å². The van der Waals surface area contributed by atoms with Crippen LogP contribution in [-0.4, -0.2) is 27.9 Å². The average Bonchev–Trinajstić information content (AvgIpc) is 2.53. The molecule has 0 bridgehead atoms. The summed E-state index contributed by atoms with van der Waals surface area (Å²) in [5.74, 6) is 0.171. The second-order valence-electron chi connectivity index (χ2n) is 5.56. The molecule has 1 aliphatic carbocycles. The number of benzene rings is 1. The monoisotopic (exact) mass is 344 g/mol. The topological polar surface area (TPSA) is 75.3 Å². The summed E-state index contributed by atoms with van der Waals surface area (Å²) in [4.78, 5) is 12.3. The zero-order valence-electron chi connectivity index (χ0n) is 12.6. The third-order valence-electron chi connectivity index (χ3n) is 4.04. The Morgan fingerprint density at radius 2 is 1.95 bits per heavy atom. The standard InChI is InChI=1S/C15H21ClN2O3S/c1-17-22(20,21)12-7-8-14(16)13(9-12)15(19)18-10-11-5-3-2-4-6-11/h7-9,11,17H,2-6,10H2,1H3,(H,18,19). The van der Waals surface area contributed by atoms with Crippen molar-refractivity contribution in [2.24, 2.45) is 5.92 Å². The first-order valence-electron chi connectivity index (χ1n) is 7.45. The van der Waals surface area contributed by atoms with E-state index in [2.05, 4.69) is 10.0 Å². The number of sulfonamides is 1. The Balaban J connectivity index is 2.09. The third-order valence-corrected chi connectivity index (χ3v) is 5.78. The first-order chi connectivity index (χ1) is 10.4. The van der Waals surface area contributed by atoms with Gasteiger partial charge in [0.15, 0.2) is 0 Å². The second-order valence-corrected chi connectivity index (χ2v) is 7.86. The van der Waals surface area contributed by atoms with E-state index in [1.807, 2.05) is 0 Å². The summed E-state index contributed by atoms with van der Waals surface area (Å²) in [5, 5.41) is 3.11. The second kappa shape index (κ2) is 7.44. The first kappa shape index (κ1) is 17.2. The molecule has 2 rings (SSSR count). The molecule has 1 aromatic carbocycles. The van der Waals surface area contributed by atoms with Crippen LogP contribution in [0.5, 0.6) is 0 Å². The number of halogens is 1. The molecule has 0 aliphatic heterocycles. The molecular weight excluding hydrogens is 324 g/mol. The van der Waals surface area contributed by atoms with Crippen molar-refractivity contribution in [3.05, 3.63) is 28.8 Å². The van der Waals surface area contributed by atoms with Gasteiger partial charge in [0.05, 0.1) is 15.5 Å². The largest absolute Gasteiger partial charge is 0.352 e. The van der Waals surface area contributed by atoms with Crippen LogP contribution in [0.2, 0.25) is 5.02 Å². The molecule has 0 spiro atoms. The molecule has 22 heavy (non-hydrogen) atoms. The number of hydrogen-bond donors (Lipinski definition) is 2. The molecule has 1 aromatic rings. The zero-order chi connectivity index (χ0) is 16.2. The van der Waals surface area contributed by atoms with Gasteiger partial charge in [0.1, 0.15) is 0 Å². The highest BCUT2D eigenvalue weighted by molar-refractivity contribution is 7.89. The molecule has 7 heteroatoms. The van der Waals surface area contributed by atoms with Gasteiger partial charge in [0.2, 0.25) is 10.0 Å². The van der Waals surface area contributed by atoms with E-state index in [1.165, 1.54) is 44.5 Å². The number of carbonyl (C=O) groups excluding carboxylic acids is 1. The fourth-order valence-electron chi connectivity index (χ4n) is 2.69. The van der Waals surface area contributed by atoms with Gasteiger partial charge in [0.25, 0.3) is 5.91 Å². The van der Waals surface area contributed by atoms with E-state index >= 15 is 0 Å². The molecule has 122 valence electrons. The lowest BCUT2D eigenvalue weighted by molar-refractivity contribution is 0.0943. The number of hydrogen-bond acceptors (Lipinski definition) is 3. The van der Waals surface area contributed by atoms with E-state index in [0.29, 0.717) is 12.5 Å². The minimum absolute atomic E-state index is 0.0298. The molecule has 2 N–H and O–H groups in total. The van der Waals surface area contributed by atoms with Crippen molar-refractivity contribution in [1.29, 1.82) is 0 Å². The Morgan fingerprint density at radius 1 is 1.27 bits per heavy atom. The Hall–Kier alpha value is -1.11. The van der Waals surface area contributed by atoms with E-state index in [1.54, 1.807) is 0 Å². The van der Waals surface area contributed by atoms with Crippen LogP contribution in [0.15, 0.2) is 23.1 Å². The van der Waals surface area contributed by atoms with Crippen LogP contribution in [0.1, 0.15) is 42.5 Å². The van der Waals surface area contributed by atoms with Crippen LogP contribution < -0.4 is 10.0 Å². The Morgan fingerprint density at radius 3 is 2.59 bits per heavy atom. The quantitative estimate of drug-likeness (QED) is 0.862. The van der Waals surface area contributed by atoms with Crippen molar-refractivity contribution in [3.63, 3.8) is 0 Å². The van der Waals surface area contributed by atoms with Crippen molar-refractivity contribution in [1.82, 2.24) is 10.0 Å². The summed E-state index contributed by atoms with van der Waals surface area (Å²) in [5.41, 5.74) is 0.189. The predicted octanol–water partition coefficient (Wildman–Crippen LogP) is 2.56. The van der Waals surface area contributed by atoms with Crippen molar-refractivity contribution in [2.45, 2.75) is 37.0 Å². The van der Waals surface area contributed by atoms with Crippen LogP contribution in [0.3, 0.4) is 0 Å². The van der Waals surface area contributed by atoms with E-state index in [9.17, 15) is 13.2 Å². The summed E-state index contributed by atoms with van der Waals surface area (Å²) in [6, 6.07) is 4.12. The number of nitrogens with one attached hydrogen (secondary N) is 2. The summed E-state index contributed by atoms with van der Waals surface area (Å²) < 4.78 is 25.8. The van der Waals surface area contributed by atoms with E-state index < -0.39 is 10.0 Å². The highest BCUT2D eigenvalue weighted by atomic mass is 35.5. The lowest BCUT2D eigenvalue weighted by Gasteiger charge is -2.21. The molecule has 1 saturated carbocycles. The molecular formula is C15H21ClN2O3S. The molecule has 1 amide bonds. The molecule has 5 nitrogen and oxygen atoms in total. The normalized spacial score (nSPS) is 16.5. The van der Waals surface area contributed by atoms with Crippen LogP contribution in [0.4, 0.5) is 0 Å². The van der Waals surface area contributed by atoms with Gasteiger partial charge in [-0.25, -0.2) is 13.1 Å². The number of amides is 1. The van der Waals surface area contributed by atoms with Gasteiger partial charge >= 0.3 is 0 Å². The van der Waals surface area contributed by atoms with Gasteiger partial charge in [-0.05, 0) is 44.0 Å². The first-order valence-corrected chi connectivity index (χ1v) is 9.31. The molecule has 0 saturated heterocycles. The third kappa shape index (κ3) is 4.21. The minimum Gasteiger partial charge on any atom is -0.352 e. The van der Waals surface area contributed by atoms with Gasteiger partial charge in [0, 0.05) is 6.54 Å². The van der Waals surface area contributed by atoms with Crippen LogP contribution >= 0.6 is 11.6 Å². The van der Waals surface area contributed by atoms with Crippen molar-refractivity contribution in [3.8, 4) is 0 Å². The maximum atomic E-state index is 12.3. The minimum atomic E-state index is -3.60. The molecule has 0 heterocycles. The highest BCUT2D eigenvalue weighted by Crippen LogP contribution is 2.24. The fraction of sp³-hybridized carbons (Fsp3) is 0.533. The fourth-order valence-corrected chi connectivity index (χ4v) is 3.65. The van der Waals surface area contributed by atoms with Crippen molar-refractivity contribution in [2.75, 3.05) is 13.6 Å². The molecule has 1 fully saturated rings. The van der Waals surface area contributed by atoms with Crippen molar-refractivity contribution >= 4 is 27.5 Å². The summed E-state index contributed by atoms with van der Waals surface area (Å²) >= 11 is 6.03. The summed E-state index contributed by atoms with van der Waals surface area (Å²) in [7, 11) is -2.27. The van der Waals surface area contributed by atoms with Crippen LogP contribution in [0.25, 0.3) is 0 Å². The number of carbonyl (C=O) groups is 1. The van der Waals surface area contributed by atoms with E-state index in [-0.39, 0.29) is 21.4 Å². The van der Waals surface area contributed by atoms with Gasteiger partial charge in [-0.3, -0.25) is 4.79 Å². The predicted molar refractivity (Wildman–Crippen MR) is 86.6 cm³/mol. The highest BCUT2D eigenvalue weighted by Gasteiger charge is 2.19. The van der Waals surface area contributed by atoms with Crippen LogP contribution in [-0.2, 0) is 10.0 Å². The Labute approximate surface area is 136 Å². The average molecular weight is 345 g/mol. The maximum Gasteiger partial charge on any atom is 0.252 e. The molecule has 0 unspecified atom stereocenters. The van der Waals surface area contributed by atoms with Crippen molar-refractivity contribution < 1.29 is 13.2 Å². The van der Waals surface area contributed by atoms with Gasteiger partial charge < -0.3 is 5.32 Å². The van der Waals surface area contributed by atoms with E-state index in [4.69, 9.17) is 11.6 Å². The Bertz CT molecular complexity index is 640. The SMILES string of the molecule is CNS(=O)(=O)c1ccc(Cl)c(C(=O)NCC2CCCCC2)c1. The van der Waals surface area contributed by atoms with Gasteiger partial charge in [-0.1, -0.05) is 30.9 Å². The van der Waals surface area contributed by atoms with Gasteiger partial charge in [-0.2, -0.15) is 0 Å². The Kier molecular flexibility index (Phi) is 5.83.